The van der Waals surface area contributed by atoms with Crippen LogP contribution in [0.5, 0.6) is 0 Å². The lowest BCUT2D eigenvalue weighted by atomic mass is 10.1. The molecule has 0 saturated carbocycles. The van der Waals surface area contributed by atoms with Gasteiger partial charge in [-0.2, -0.15) is 5.10 Å². The summed E-state index contributed by atoms with van der Waals surface area (Å²) >= 11 is 12.0. The van der Waals surface area contributed by atoms with Gasteiger partial charge in [0.05, 0.1) is 28.8 Å². The number of hydrogen-bond donors (Lipinski definition) is 0. The first-order chi connectivity index (χ1) is 12.0. The highest BCUT2D eigenvalue weighted by Crippen LogP contribution is 2.23. The van der Waals surface area contributed by atoms with Crippen LogP contribution in [-0.4, -0.2) is 41.7 Å². The molecule has 25 heavy (non-hydrogen) atoms. The summed E-state index contributed by atoms with van der Waals surface area (Å²) in [6.45, 7) is 1.54. The van der Waals surface area contributed by atoms with Crippen molar-refractivity contribution in [3.05, 3.63) is 69.7 Å². The Bertz CT molecular complexity index is 793. The van der Waals surface area contributed by atoms with Crippen molar-refractivity contribution in [1.82, 2.24) is 9.91 Å². The summed E-state index contributed by atoms with van der Waals surface area (Å²) in [7, 11) is 1.90. The molecule has 0 saturated heterocycles. The van der Waals surface area contributed by atoms with Gasteiger partial charge in [0, 0.05) is 13.0 Å². The molecule has 6 heteroatoms. The summed E-state index contributed by atoms with van der Waals surface area (Å²) in [5.74, 6) is -0.00603. The Morgan fingerprint density at radius 1 is 1.16 bits per heavy atom. The van der Waals surface area contributed by atoms with Crippen LogP contribution in [0.4, 0.5) is 0 Å². The summed E-state index contributed by atoms with van der Waals surface area (Å²) in [5, 5.41) is 7.10. The number of halogens is 2. The molecule has 0 atom stereocenters. The Balaban J connectivity index is 1.58. The Kier molecular flexibility index (Phi) is 5.74. The van der Waals surface area contributed by atoms with E-state index in [2.05, 4.69) is 5.10 Å². The second-order valence-electron chi connectivity index (χ2n) is 6.10. The maximum Gasteiger partial charge on any atom is 0.256 e. The Hall–Kier alpha value is -1.88. The van der Waals surface area contributed by atoms with Gasteiger partial charge >= 0.3 is 0 Å². The molecule has 0 N–H and O–H groups in total. The normalized spacial score (nSPS) is 14.1. The molecule has 0 aliphatic carbocycles. The third-order valence-electron chi connectivity index (χ3n) is 4.04. The summed E-state index contributed by atoms with van der Waals surface area (Å²) < 4.78 is 0. The fraction of sp³-hybridized carbons (Fsp3) is 0.263. The summed E-state index contributed by atoms with van der Waals surface area (Å²) in [6, 6.07) is 15.5. The zero-order chi connectivity index (χ0) is 17.8. The molecule has 1 heterocycles. The van der Waals surface area contributed by atoms with Gasteiger partial charge in [0.2, 0.25) is 0 Å². The van der Waals surface area contributed by atoms with Crippen molar-refractivity contribution in [2.24, 2.45) is 5.10 Å². The van der Waals surface area contributed by atoms with E-state index >= 15 is 0 Å². The quantitative estimate of drug-likeness (QED) is 0.789. The van der Waals surface area contributed by atoms with E-state index in [1.165, 1.54) is 0 Å². The molecule has 0 spiro atoms. The molecule has 0 radical (unpaired) electrons. The molecule has 2 aromatic carbocycles. The van der Waals surface area contributed by atoms with Gasteiger partial charge in [-0.3, -0.25) is 9.69 Å². The minimum atomic E-state index is -0.00603. The van der Waals surface area contributed by atoms with Gasteiger partial charge in [0.1, 0.15) is 0 Å². The Morgan fingerprint density at radius 3 is 2.64 bits per heavy atom. The van der Waals surface area contributed by atoms with Crippen molar-refractivity contribution in [3.63, 3.8) is 0 Å². The second kappa shape index (κ2) is 8.00. The third kappa shape index (κ3) is 4.60. The lowest BCUT2D eigenvalue weighted by Crippen LogP contribution is -2.34. The summed E-state index contributed by atoms with van der Waals surface area (Å²) in [4.78, 5) is 14.4. The maximum absolute atomic E-state index is 12.5. The van der Waals surface area contributed by atoms with Crippen LogP contribution in [0.2, 0.25) is 10.0 Å². The number of likely N-dealkylation sites (N-methyl/N-ethyl adjacent to an activating group) is 1. The second-order valence-corrected chi connectivity index (χ2v) is 6.91. The lowest BCUT2D eigenvalue weighted by Gasteiger charge is -2.19. The average Bonchev–Trinajstić information content (AvgIpc) is 3.09. The SMILES string of the molecule is CN(CC(=O)N1CCC(c2ccccc2)=N1)Cc1ccc(Cl)c(Cl)c1. The van der Waals surface area contributed by atoms with Crippen molar-refractivity contribution in [1.29, 1.82) is 0 Å². The van der Waals surface area contributed by atoms with Crippen LogP contribution in [0.1, 0.15) is 17.5 Å². The van der Waals surface area contributed by atoms with E-state index in [9.17, 15) is 4.79 Å². The monoisotopic (exact) mass is 375 g/mol. The van der Waals surface area contributed by atoms with E-state index in [0.29, 0.717) is 29.7 Å². The van der Waals surface area contributed by atoms with Crippen molar-refractivity contribution in [2.75, 3.05) is 20.1 Å². The van der Waals surface area contributed by atoms with E-state index in [4.69, 9.17) is 23.2 Å². The number of hydrazone groups is 1. The minimum absolute atomic E-state index is 0.00603. The first-order valence-electron chi connectivity index (χ1n) is 8.08. The number of carbonyl (C=O) groups excluding carboxylic acids is 1. The highest BCUT2D eigenvalue weighted by atomic mass is 35.5. The number of hydrogen-bond acceptors (Lipinski definition) is 3. The fourth-order valence-electron chi connectivity index (χ4n) is 2.79. The van der Waals surface area contributed by atoms with Gasteiger partial charge in [-0.25, -0.2) is 5.01 Å². The minimum Gasteiger partial charge on any atom is -0.293 e. The predicted molar refractivity (Wildman–Crippen MR) is 102 cm³/mol. The third-order valence-corrected chi connectivity index (χ3v) is 4.78. The first kappa shape index (κ1) is 17.9. The molecule has 0 bridgehead atoms. The Morgan fingerprint density at radius 2 is 1.92 bits per heavy atom. The predicted octanol–water partition coefficient (Wildman–Crippen LogP) is 4.06. The molecule has 1 amide bonds. The molecular formula is C19H19Cl2N3O. The average molecular weight is 376 g/mol. The van der Waals surface area contributed by atoms with Gasteiger partial charge in [0.25, 0.3) is 5.91 Å². The standard InChI is InChI=1S/C19H19Cl2N3O/c1-23(12-14-7-8-16(20)17(21)11-14)13-19(25)24-10-9-18(22-24)15-5-3-2-4-6-15/h2-8,11H,9-10,12-13H2,1H3. The van der Waals surface area contributed by atoms with E-state index in [1.807, 2.05) is 54.4 Å². The van der Waals surface area contributed by atoms with Gasteiger partial charge < -0.3 is 0 Å². The lowest BCUT2D eigenvalue weighted by molar-refractivity contribution is -0.131. The summed E-state index contributed by atoms with van der Waals surface area (Å²) in [5.41, 5.74) is 3.04. The van der Waals surface area contributed by atoms with Crippen molar-refractivity contribution in [3.8, 4) is 0 Å². The zero-order valence-electron chi connectivity index (χ0n) is 14.0. The van der Waals surface area contributed by atoms with Crippen LogP contribution in [0.3, 0.4) is 0 Å². The molecule has 0 fully saturated rings. The van der Waals surface area contributed by atoms with Crippen LogP contribution >= 0.6 is 23.2 Å². The highest BCUT2D eigenvalue weighted by Gasteiger charge is 2.22. The van der Waals surface area contributed by atoms with Crippen LogP contribution in [0, 0.1) is 0 Å². The fourth-order valence-corrected chi connectivity index (χ4v) is 3.11. The van der Waals surface area contributed by atoms with E-state index in [1.54, 1.807) is 11.1 Å². The van der Waals surface area contributed by atoms with Gasteiger partial charge in [-0.05, 0) is 30.3 Å². The Labute approximate surface area is 157 Å². The van der Waals surface area contributed by atoms with Crippen LogP contribution in [0.15, 0.2) is 53.6 Å². The van der Waals surface area contributed by atoms with Crippen LogP contribution < -0.4 is 0 Å². The molecule has 3 rings (SSSR count). The van der Waals surface area contributed by atoms with E-state index < -0.39 is 0 Å². The molecule has 1 aliphatic rings. The smallest absolute Gasteiger partial charge is 0.256 e. The molecule has 0 unspecified atom stereocenters. The van der Waals surface area contributed by atoms with Gasteiger partial charge in [-0.15, -0.1) is 0 Å². The largest absolute Gasteiger partial charge is 0.293 e. The number of rotatable bonds is 5. The van der Waals surface area contributed by atoms with Crippen LogP contribution in [0.25, 0.3) is 0 Å². The zero-order valence-corrected chi connectivity index (χ0v) is 15.5. The first-order valence-corrected chi connectivity index (χ1v) is 8.84. The molecule has 4 nitrogen and oxygen atoms in total. The van der Waals surface area contributed by atoms with Crippen molar-refractivity contribution >= 4 is 34.8 Å². The van der Waals surface area contributed by atoms with Crippen LogP contribution in [-0.2, 0) is 11.3 Å². The number of benzene rings is 2. The number of carbonyl (C=O) groups is 1. The molecular weight excluding hydrogens is 357 g/mol. The molecule has 2 aromatic rings. The van der Waals surface area contributed by atoms with E-state index in [-0.39, 0.29) is 5.91 Å². The topological polar surface area (TPSA) is 35.9 Å². The molecule has 1 aliphatic heterocycles. The summed E-state index contributed by atoms with van der Waals surface area (Å²) in [6.07, 6.45) is 0.784. The van der Waals surface area contributed by atoms with Crippen molar-refractivity contribution < 1.29 is 4.79 Å². The molecule has 130 valence electrons. The van der Waals surface area contributed by atoms with Crippen molar-refractivity contribution in [2.45, 2.75) is 13.0 Å². The van der Waals surface area contributed by atoms with Gasteiger partial charge in [-0.1, -0.05) is 59.6 Å². The van der Waals surface area contributed by atoms with E-state index in [0.717, 1.165) is 23.3 Å². The maximum atomic E-state index is 12.5. The number of amides is 1. The van der Waals surface area contributed by atoms with Gasteiger partial charge in [0.15, 0.2) is 0 Å². The molecule has 0 aromatic heterocycles. The number of nitrogens with zero attached hydrogens (tertiary/aromatic N) is 3. The highest BCUT2D eigenvalue weighted by molar-refractivity contribution is 6.42.